The van der Waals surface area contributed by atoms with Crippen LogP contribution >= 0.6 is 27.5 Å². The van der Waals surface area contributed by atoms with Gasteiger partial charge in [0, 0.05) is 17.1 Å². The zero-order valence-corrected chi connectivity index (χ0v) is 22.8. The fourth-order valence-electron chi connectivity index (χ4n) is 3.15. The number of hydrogen-bond acceptors (Lipinski definition) is 3. The quantitative estimate of drug-likeness (QED) is 0.463. The molecule has 0 saturated heterocycles. The summed E-state index contributed by atoms with van der Waals surface area (Å²) < 4.78 is 6.63. The molecule has 0 spiro atoms. The lowest BCUT2D eigenvalue weighted by molar-refractivity contribution is -0.142. The van der Waals surface area contributed by atoms with Gasteiger partial charge in [-0.3, -0.25) is 9.59 Å². The van der Waals surface area contributed by atoms with Crippen LogP contribution in [0.25, 0.3) is 0 Å². The number of nitrogens with zero attached hydrogens (tertiary/aromatic N) is 1. The van der Waals surface area contributed by atoms with E-state index >= 15 is 0 Å². The van der Waals surface area contributed by atoms with Gasteiger partial charge in [0.2, 0.25) is 5.91 Å². The van der Waals surface area contributed by atoms with Crippen molar-refractivity contribution < 1.29 is 14.3 Å². The molecule has 0 bridgehead atoms. The van der Waals surface area contributed by atoms with Gasteiger partial charge in [0.25, 0.3) is 5.91 Å². The summed E-state index contributed by atoms with van der Waals surface area (Å²) in [5.41, 5.74) is 1.63. The van der Waals surface area contributed by atoms with Crippen molar-refractivity contribution in [1.29, 1.82) is 0 Å². The lowest BCUT2D eigenvalue weighted by Crippen LogP contribution is -2.53. The second-order valence-electron chi connectivity index (χ2n) is 10.2. The van der Waals surface area contributed by atoms with Gasteiger partial charge in [0.05, 0.1) is 4.47 Å². The van der Waals surface area contributed by atoms with Crippen LogP contribution in [0.4, 0.5) is 0 Å². The van der Waals surface area contributed by atoms with Crippen LogP contribution in [0.15, 0.2) is 46.9 Å². The van der Waals surface area contributed by atoms with Gasteiger partial charge in [-0.2, -0.15) is 0 Å². The molecule has 0 saturated carbocycles. The van der Waals surface area contributed by atoms with Crippen LogP contribution in [-0.4, -0.2) is 34.9 Å². The van der Waals surface area contributed by atoms with E-state index in [-0.39, 0.29) is 30.4 Å². The van der Waals surface area contributed by atoms with E-state index in [4.69, 9.17) is 16.3 Å². The number of amides is 2. The van der Waals surface area contributed by atoms with Crippen molar-refractivity contribution in [2.45, 2.75) is 72.0 Å². The SMILES string of the molecule is C[C@@H](C(=O)NC(C)(C)C)N(Cc1ccc(Cl)cc1)C(=O)COc1ccc(C(C)(C)C)cc1Br. The van der Waals surface area contributed by atoms with E-state index in [2.05, 4.69) is 42.0 Å². The summed E-state index contributed by atoms with van der Waals surface area (Å²) in [6, 6.07) is 12.4. The minimum atomic E-state index is -0.678. The number of benzene rings is 2. The molecule has 1 N–H and O–H groups in total. The zero-order chi connectivity index (χ0) is 25.0. The Bertz CT molecular complexity index is 979. The molecule has 0 unspecified atom stereocenters. The number of rotatable bonds is 7. The molecule has 0 aliphatic heterocycles. The van der Waals surface area contributed by atoms with E-state index in [1.807, 2.05) is 51.1 Å². The monoisotopic (exact) mass is 536 g/mol. The first-order valence-corrected chi connectivity index (χ1v) is 12.1. The Morgan fingerprint density at radius 1 is 1.06 bits per heavy atom. The molecule has 0 aromatic heterocycles. The smallest absolute Gasteiger partial charge is 0.261 e. The molecule has 0 heterocycles. The molecule has 2 aromatic carbocycles. The van der Waals surface area contributed by atoms with Crippen molar-refractivity contribution in [1.82, 2.24) is 10.2 Å². The van der Waals surface area contributed by atoms with Crippen LogP contribution in [0.1, 0.15) is 59.6 Å². The molecular weight excluding hydrogens is 504 g/mol. The van der Waals surface area contributed by atoms with E-state index < -0.39 is 11.6 Å². The maximum Gasteiger partial charge on any atom is 0.261 e. The van der Waals surface area contributed by atoms with E-state index in [1.54, 1.807) is 19.1 Å². The fraction of sp³-hybridized carbons (Fsp3) is 0.462. The van der Waals surface area contributed by atoms with Gasteiger partial charge in [-0.1, -0.05) is 50.6 Å². The van der Waals surface area contributed by atoms with Crippen LogP contribution in [-0.2, 0) is 21.5 Å². The molecule has 2 aromatic rings. The number of hydrogen-bond donors (Lipinski definition) is 1. The Labute approximate surface area is 211 Å². The minimum Gasteiger partial charge on any atom is -0.483 e. The van der Waals surface area contributed by atoms with Crippen LogP contribution in [0.2, 0.25) is 5.02 Å². The van der Waals surface area contributed by atoms with Crippen LogP contribution in [0.5, 0.6) is 5.75 Å². The van der Waals surface area contributed by atoms with Crippen LogP contribution in [0.3, 0.4) is 0 Å². The second kappa shape index (κ2) is 10.9. The summed E-state index contributed by atoms with van der Waals surface area (Å²) in [5.74, 6) is 0.0726. The average Bonchev–Trinajstić information content (AvgIpc) is 2.69. The predicted molar refractivity (Wildman–Crippen MR) is 138 cm³/mol. The summed E-state index contributed by atoms with van der Waals surface area (Å²) in [5, 5.41) is 3.56. The third kappa shape index (κ3) is 8.35. The Kier molecular flexibility index (Phi) is 9.00. The standard InChI is InChI=1S/C26H34BrClN2O3/c1-17(24(32)29-26(5,6)7)30(15-18-8-11-20(28)12-9-18)23(31)16-33-22-13-10-19(14-21(22)27)25(2,3)4/h8-14,17H,15-16H2,1-7H3,(H,29,32)/t17-/m0/s1. The highest BCUT2D eigenvalue weighted by atomic mass is 79.9. The molecule has 5 nitrogen and oxygen atoms in total. The normalized spacial score (nSPS) is 12.8. The molecule has 33 heavy (non-hydrogen) atoms. The molecule has 1 atom stereocenters. The Balaban J connectivity index is 2.20. The third-order valence-corrected chi connectivity index (χ3v) is 5.95. The van der Waals surface area contributed by atoms with Crippen molar-refractivity contribution in [2.75, 3.05) is 6.61 Å². The molecule has 0 aliphatic rings. The van der Waals surface area contributed by atoms with Gasteiger partial charge in [0.15, 0.2) is 6.61 Å². The highest BCUT2D eigenvalue weighted by Gasteiger charge is 2.29. The maximum atomic E-state index is 13.2. The fourth-order valence-corrected chi connectivity index (χ4v) is 3.77. The van der Waals surface area contributed by atoms with Crippen LogP contribution in [0, 0.1) is 0 Å². The average molecular weight is 538 g/mol. The van der Waals surface area contributed by atoms with Crippen molar-refractivity contribution in [2.24, 2.45) is 0 Å². The van der Waals surface area contributed by atoms with Crippen LogP contribution < -0.4 is 10.1 Å². The Morgan fingerprint density at radius 2 is 1.67 bits per heavy atom. The number of carbonyl (C=O) groups excluding carboxylic acids is 2. The lowest BCUT2D eigenvalue weighted by atomic mass is 9.87. The molecular formula is C26H34BrClN2O3. The van der Waals surface area contributed by atoms with Gasteiger partial charge in [0.1, 0.15) is 11.8 Å². The van der Waals surface area contributed by atoms with Gasteiger partial charge >= 0.3 is 0 Å². The molecule has 0 radical (unpaired) electrons. The van der Waals surface area contributed by atoms with Crippen molar-refractivity contribution in [3.63, 3.8) is 0 Å². The second-order valence-corrected chi connectivity index (χ2v) is 11.5. The molecule has 0 fully saturated rings. The zero-order valence-electron chi connectivity index (χ0n) is 20.5. The van der Waals surface area contributed by atoms with Gasteiger partial charge in [-0.15, -0.1) is 0 Å². The Hall–Kier alpha value is -2.05. The van der Waals surface area contributed by atoms with Gasteiger partial charge in [-0.25, -0.2) is 0 Å². The number of ether oxygens (including phenoxy) is 1. The molecule has 2 amide bonds. The molecule has 7 heteroatoms. The topological polar surface area (TPSA) is 58.6 Å². The van der Waals surface area contributed by atoms with E-state index in [1.165, 1.54) is 4.90 Å². The van der Waals surface area contributed by atoms with E-state index in [0.29, 0.717) is 10.8 Å². The highest BCUT2D eigenvalue weighted by molar-refractivity contribution is 9.10. The highest BCUT2D eigenvalue weighted by Crippen LogP contribution is 2.31. The number of carbonyl (C=O) groups is 2. The number of nitrogens with one attached hydrogen (secondary N) is 1. The summed E-state index contributed by atoms with van der Waals surface area (Å²) >= 11 is 9.54. The molecule has 0 aliphatic carbocycles. The largest absolute Gasteiger partial charge is 0.483 e. The predicted octanol–water partition coefficient (Wildman–Crippen LogP) is 6.11. The van der Waals surface area contributed by atoms with E-state index in [9.17, 15) is 9.59 Å². The molecule has 2 rings (SSSR count). The summed E-state index contributed by atoms with van der Waals surface area (Å²) in [6.07, 6.45) is 0. The maximum absolute atomic E-state index is 13.2. The first-order chi connectivity index (χ1) is 15.2. The van der Waals surface area contributed by atoms with Crippen molar-refractivity contribution in [3.8, 4) is 5.75 Å². The summed E-state index contributed by atoms with van der Waals surface area (Å²) in [6.45, 7) is 13.9. The first-order valence-electron chi connectivity index (χ1n) is 11.0. The summed E-state index contributed by atoms with van der Waals surface area (Å²) in [7, 11) is 0. The van der Waals surface area contributed by atoms with Crippen molar-refractivity contribution >= 4 is 39.3 Å². The first kappa shape index (κ1) is 27.2. The van der Waals surface area contributed by atoms with Gasteiger partial charge in [-0.05, 0) is 84.4 Å². The summed E-state index contributed by atoms with van der Waals surface area (Å²) in [4.78, 5) is 27.6. The third-order valence-electron chi connectivity index (χ3n) is 5.08. The Morgan fingerprint density at radius 3 is 2.18 bits per heavy atom. The van der Waals surface area contributed by atoms with Gasteiger partial charge < -0.3 is 15.0 Å². The minimum absolute atomic E-state index is 0.00208. The van der Waals surface area contributed by atoms with E-state index in [0.717, 1.165) is 15.6 Å². The lowest BCUT2D eigenvalue weighted by Gasteiger charge is -2.31. The number of halogens is 2. The van der Waals surface area contributed by atoms with Crippen molar-refractivity contribution in [3.05, 3.63) is 63.1 Å². The molecule has 180 valence electrons.